The SMILES string of the molecule is CN1CCCC(c2ccc(Nc3ncc4cc(C5CC5)c(=O)n(CC5=C(C(=O)c6ccccc6)N(C)NN5)c4n3)cc2)C1. The lowest BCUT2D eigenvalue weighted by atomic mass is 9.91. The van der Waals surface area contributed by atoms with Crippen LogP contribution in [0.15, 0.2) is 83.0 Å². The average molecular weight is 577 g/mol. The van der Waals surface area contributed by atoms with Gasteiger partial charge in [0.25, 0.3) is 5.56 Å². The molecule has 0 amide bonds. The second-order valence-corrected chi connectivity index (χ2v) is 11.9. The summed E-state index contributed by atoms with van der Waals surface area (Å²) in [6, 6.07) is 19.6. The van der Waals surface area contributed by atoms with Gasteiger partial charge in [0, 0.05) is 42.0 Å². The van der Waals surface area contributed by atoms with Crippen LogP contribution >= 0.6 is 0 Å². The number of likely N-dealkylation sites (tertiary alicyclic amines) is 1. The summed E-state index contributed by atoms with van der Waals surface area (Å²) in [4.78, 5) is 39.2. The smallest absolute Gasteiger partial charge is 0.256 e. The highest BCUT2D eigenvalue weighted by Crippen LogP contribution is 2.39. The Bertz CT molecular complexity index is 1760. The summed E-state index contributed by atoms with van der Waals surface area (Å²) in [6.45, 7) is 2.40. The van der Waals surface area contributed by atoms with Crippen molar-refractivity contribution in [2.75, 3.05) is 32.5 Å². The molecule has 0 radical (unpaired) electrons. The number of carbonyl (C=O) groups is 1. The van der Waals surface area contributed by atoms with Crippen molar-refractivity contribution >= 4 is 28.5 Å². The first-order valence-corrected chi connectivity index (χ1v) is 15.0. The predicted octanol–water partition coefficient (Wildman–Crippen LogP) is 4.27. The molecule has 1 atom stereocenters. The number of rotatable bonds is 8. The van der Waals surface area contributed by atoms with Gasteiger partial charge in [-0.3, -0.25) is 19.2 Å². The number of hydrazine groups is 2. The summed E-state index contributed by atoms with van der Waals surface area (Å²) < 4.78 is 1.67. The van der Waals surface area contributed by atoms with Gasteiger partial charge in [-0.2, -0.15) is 4.98 Å². The Balaban J connectivity index is 1.22. The van der Waals surface area contributed by atoms with Gasteiger partial charge in [0.15, 0.2) is 0 Å². The Morgan fingerprint density at radius 2 is 1.81 bits per heavy atom. The third kappa shape index (κ3) is 5.51. The minimum atomic E-state index is -0.133. The molecular formula is C33H36N8O2. The van der Waals surface area contributed by atoms with Crippen LogP contribution in [-0.2, 0) is 6.54 Å². The zero-order chi connectivity index (χ0) is 29.5. The number of ketones is 1. The summed E-state index contributed by atoms with van der Waals surface area (Å²) in [5, 5.41) is 5.77. The molecule has 1 saturated heterocycles. The summed E-state index contributed by atoms with van der Waals surface area (Å²) >= 11 is 0. The van der Waals surface area contributed by atoms with Gasteiger partial charge in [-0.1, -0.05) is 42.5 Å². The van der Waals surface area contributed by atoms with Gasteiger partial charge in [0.1, 0.15) is 11.3 Å². The highest BCUT2D eigenvalue weighted by atomic mass is 16.1. The van der Waals surface area contributed by atoms with Crippen LogP contribution in [0.25, 0.3) is 11.0 Å². The second kappa shape index (κ2) is 11.3. The van der Waals surface area contributed by atoms with E-state index in [4.69, 9.17) is 4.98 Å². The molecule has 43 heavy (non-hydrogen) atoms. The molecule has 0 spiro atoms. The fourth-order valence-corrected chi connectivity index (χ4v) is 6.24. The number of carbonyl (C=O) groups excluding carboxylic acids is 1. The molecule has 0 bridgehead atoms. The molecule has 2 aromatic carbocycles. The molecule has 3 aliphatic rings. The Hall–Kier alpha value is -4.54. The lowest BCUT2D eigenvalue weighted by Gasteiger charge is -2.30. The number of anilines is 2. The van der Waals surface area contributed by atoms with Crippen molar-refractivity contribution in [3.8, 4) is 0 Å². The van der Waals surface area contributed by atoms with Crippen LogP contribution < -0.4 is 21.8 Å². The Labute approximate surface area is 250 Å². The topological polar surface area (TPSA) is 107 Å². The summed E-state index contributed by atoms with van der Waals surface area (Å²) in [5.41, 5.74) is 11.2. The molecule has 3 N–H and O–H groups in total. The first-order valence-electron chi connectivity index (χ1n) is 15.0. The number of fused-ring (bicyclic) bond motifs is 1. The minimum Gasteiger partial charge on any atom is -0.324 e. The molecule has 2 fully saturated rings. The predicted molar refractivity (Wildman–Crippen MR) is 167 cm³/mol. The van der Waals surface area contributed by atoms with Crippen molar-refractivity contribution in [2.45, 2.75) is 44.1 Å². The molecule has 220 valence electrons. The van der Waals surface area contributed by atoms with E-state index in [1.807, 2.05) is 24.3 Å². The molecule has 10 nitrogen and oxygen atoms in total. The van der Waals surface area contributed by atoms with Crippen molar-refractivity contribution < 1.29 is 4.79 Å². The van der Waals surface area contributed by atoms with Gasteiger partial charge < -0.3 is 15.6 Å². The number of hydrogen-bond donors (Lipinski definition) is 3. The van der Waals surface area contributed by atoms with E-state index in [-0.39, 0.29) is 23.8 Å². The zero-order valence-electron chi connectivity index (χ0n) is 24.5. The number of pyridine rings is 1. The fourth-order valence-electron chi connectivity index (χ4n) is 6.24. The quantitative estimate of drug-likeness (QED) is 0.265. The van der Waals surface area contributed by atoms with Crippen molar-refractivity contribution in [3.05, 3.63) is 105 Å². The summed E-state index contributed by atoms with van der Waals surface area (Å²) in [5.74, 6) is 1.08. The van der Waals surface area contributed by atoms with Crippen LogP contribution in [0.1, 0.15) is 59.0 Å². The molecule has 10 heteroatoms. The van der Waals surface area contributed by atoms with Gasteiger partial charge >= 0.3 is 0 Å². The van der Waals surface area contributed by atoms with E-state index in [9.17, 15) is 9.59 Å². The highest BCUT2D eigenvalue weighted by Gasteiger charge is 2.31. The number of benzene rings is 2. The van der Waals surface area contributed by atoms with E-state index in [0.717, 1.165) is 42.6 Å². The van der Waals surface area contributed by atoms with E-state index in [1.54, 1.807) is 35.0 Å². The fraction of sp³-hybridized carbons (Fsp3) is 0.333. The maximum absolute atomic E-state index is 13.9. The van der Waals surface area contributed by atoms with E-state index in [2.05, 4.69) is 57.5 Å². The molecule has 7 rings (SSSR count). The van der Waals surface area contributed by atoms with Crippen molar-refractivity contribution in [1.82, 2.24) is 35.4 Å². The van der Waals surface area contributed by atoms with E-state index in [0.29, 0.717) is 34.5 Å². The number of aromatic nitrogens is 3. The first kappa shape index (κ1) is 27.3. The third-order valence-electron chi connectivity index (χ3n) is 8.70. The third-order valence-corrected chi connectivity index (χ3v) is 8.70. The van der Waals surface area contributed by atoms with E-state index >= 15 is 0 Å². The van der Waals surface area contributed by atoms with Gasteiger partial charge in [0.05, 0.1) is 12.2 Å². The van der Waals surface area contributed by atoms with E-state index < -0.39 is 0 Å². The van der Waals surface area contributed by atoms with Crippen LogP contribution in [0.2, 0.25) is 0 Å². The molecule has 1 aliphatic carbocycles. The summed E-state index contributed by atoms with van der Waals surface area (Å²) in [7, 11) is 3.96. The second-order valence-electron chi connectivity index (χ2n) is 11.9. The maximum atomic E-state index is 13.9. The van der Waals surface area contributed by atoms with Gasteiger partial charge in [0.2, 0.25) is 11.7 Å². The molecule has 1 saturated carbocycles. The summed E-state index contributed by atoms with van der Waals surface area (Å²) in [6.07, 6.45) is 6.20. The number of hydrogen-bond acceptors (Lipinski definition) is 9. The number of likely N-dealkylation sites (N-methyl/N-ethyl adjacent to an activating group) is 2. The first-order chi connectivity index (χ1) is 20.9. The van der Waals surface area contributed by atoms with Crippen LogP contribution in [0.4, 0.5) is 11.6 Å². The molecule has 2 aliphatic heterocycles. The molecule has 4 aromatic rings. The standard InChI is InChI=1S/C33H36N8O2/c1-39-16-6-9-24(19-39)21-12-14-26(15-13-21)35-33-34-18-25-17-27(22-10-11-22)32(43)41(31(25)36-33)20-28-29(40(2)38-37-28)30(42)23-7-4-3-5-8-23/h3-5,7-8,12-15,17-18,22,24,37-38H,6,9-11,16,19-20H2,1-2H3,(H,34,35,36). The molecule has 2 aromatic heterocycles. The van der Waals surface area contributed by atoms with Crippen molar-refractivity contribution in [3.63, 3.8) is 0 Å². The van der Waals surface area contributed by atoms with Crippen molar-refractivity contribution in [1.29, 1.82) is 0 Å². The Morgan fingerprint density at radius 1 is 1.02 bits per heavy atom. The number of allylic oxidation sites excluding steroid dienone is 2. The molecule has 1 unspecified atom stereocenters. The number of piperidine rings is 1. The van der Waals surface area contributed by atoms with Gasteiger partial charge in [-0.15, -0.1) is 5.53 Å². The largest absolute Gasteiger partial charge is 0.324 e. The average Bonchev–Trinajstić information content (AvgIpc) is 3.81. The van der Waals surface area contributed by atoms with E-state index in [1.165, 1.54) is 18.4 Å². The lowest BCUT2D eigenvalue weighted by Crippen LogP contribution is -2.36. The Kier molecular flexibility index (Phi) is 7.16. The highest BCUT2D eigenvalue weighted by molar-refractivity contribution is 6.08. The maximum Gasteiger partial charge on any atom is 0.256 e. The number of nitrogens with zero attached hydrogens (tertiary/aromatic N) is 5. The normalized spacial score (nSPS) is 19.1. The lowest BCUT2D eigenvalue weighted by molar-refractivity contribution is 0.0990. The van der Waals surface area contributed by atoms with Crippen LogP contribution in [-0.4, -0.2) is 57.4 Å². The minimum absolute atomic E-state index is 0.0863. The molecule has 4 heterocycles. The Morgan fingerprint density at radius 3 is 2.56 bits per heavy atom. The monoisotopic (exact) mass is 576 g/mol. The van der Waals surface area contributed by atoms with Gasteiger partial charge in [-0.05, 0) is 74.9 Å². The van der Waals surface area contributed by atoms with Crippen LogP contribution in [0, 0.1) is 0 Å². The van der Waals surface area contributed by atoms with Crippen LogP contribution in [0.3, 0.4) is 0 Å². The van der Waals surface area contributed by atoms with Crippen LogP contribution in [0.5, 0.6) is 0 Å². The number of Topliss-reactive ketones (excluding diaryl/α,β-unsaturated/α-hetero) is 1. The number of nitrogens with one attached hydrogen (secondary N) is 3. The van der Waals surface area contributed by atoms with Gasteiger partial charge in [-0.25, -0.2) is 4.98 Å². The zero-order valence-corrected chi connectivity index (χ0v) is 24.5. The van der Waals surface area contributed by atoms with Crippen molar-refractivity contribution in [2.24, 2.45) is 0 Å². The molecular weight excluding hydrogens is 540 g/mol.